The molecule has 2 heterocycles. The van der Waals surface area contributed by atoms with Gasteiger partial charge in [-0.1, -0.05) is 13.3 Å². The van der Waals surface area contributed by atoms with Gasteiger partial charge in [-0.25, -0.2) is 4.39 Å². The molecule has 2 aromatic heterocycles. The van der Waals surface area contributed by atoms with Crippen molar-refractivity contribution in [2.24, 2.45) is 0 Å². The van der Waals surface area contributed by atoms with Crippen LogP contribution in [-0.2, 0) is 6.54 Å². The van der Waals surface area contributed by atoms with E-state index in [9.17, 15) is 14.4 Å². The Morgan fingerprint density at radius 1 is 1.10 bits per heavy atom. The maximum atomic E-state index is 14.8. The van der Waals surface area contributed by atoms with Gasteiger partial charge in [-0.3, -0.25) is 9.78 Å². The van der Waals surface area contributed by atoms with Crippen LogP contribution < -0.4 is 10.3 Å². The molecule has 0 radical (unpaired) electrons. The SMILES string of the molecule is CCCCn1ccc(-c2ccc(Oc3cc(C)nc(C)c3)cc2F)c(C#N)c1=O. The number of nitriles is 1. The van der Waals surface area contributed by atoms with E-state index in [-0.39, 0.29) is 16.7 Å². The Morgan fingerprint density at radius 3 is 2.45 bits per heavy atom. The minimum Gasteiger partial charge on any atom is -0.457 e. The number of hydrogen-bond donors (Lipinski definition) is 0. The zero-order valence-corrected chi connectivity index (χ0v) is 16.7. The Bertz CT molecular complexity index is 1130. The number of unbranched alkanes of at least 4 members (excludes halogenated alkanes) is 1. The van der Waals surface area contributed by atoms with Gasteiger partial charge in [0.1, 0.15) is 28.9 Å². The molecular weight excluding hydrogens is 369 g/mol. The van der Waals surface area contributed by atoms with Crippen molar-refractivity contribution in [3.8, 4) is 28.7 Å². The molecule has 6 heteroatoms. The van der Waals surface area contributed by atoms with Crippen molar-refractivity contribution in [1.29, 1.82) is 5.26 Å². The van der Waals surface area contributed by atoms with Crippen molar-refractivity contribution < 1.29 is 9.13 Å². The van der Waals surface area contributed by atoms with Crippen LogP contribution in [0.3, 0.4) is 0 Å². The summed E-state index contributed by atoms with van der Waals surface area (Å²) in [6.07, 6.45) is 3.38. The molecule has 0 saturated carbocycles. The fraction of sp³-hybridized carbons (Fsp3) is 0.261. The van der Waals surface area contributed by atoms with Gasteiger partial charge in [-0.15, -0.1) is 0 Å². The van der Waals surface area contributed by atoms with Gasteiger partial charge in [0, 0.05) is 53.5 Å². The molecule has 0 atom stereocenters. The van der Waals surface area contributed by atoms with E-state index in [0.29, 0.717) is 18.0 Å². The molecule has 0 amide bonds. The average molecular weight is 391 g/mol. The number of aromatic nitrogens is 2. The fourth-order valence-electron chi connectivity index (χ4n) is 3.18. The average Bonchev–Trinajstić information content (AvgIpc) is 2.66. The summed E-state index contributed by atoms with van der Waals surface area (Å²) >= 11 is 0. The fourth-order valence-corrected chi connectivity index (χ4v) is 3.18. The maximum Gasteiger partial charge on any atom is 0.269 e. The van der Waals surface area contributed by atoms with Crippen molar-refractivity contribution in [3.05, 3.63) is 75.7 Å². The summed E-state index contributed by atoms with van der Waals surface area (Å²) in [5.41, 5.74) is 1.62. The predicted octanol–water partition coefficient (Wildman–Crippen LogP) is 5.13. The number of hydrogen-bond acceptors (Lipinski definition) is 4. The molecule has 5 nitrogen and oxygen atoms in total. The number of rotatable bonds is 6. The molecule has 0 unspecified atom stereocenters. The first kappa shape index (κ1) is 20.3. The van der Waals surface area contributed by atoms with E-state index in [0.717, 1.165) is 24.2 Å². The van der Waals surface area contributed by atoms with Gasteiger partial charge in [-0.05, 0) is 38.5 Å². The minimum atomic E-state index is -0.563. The highest BCUT2D eigenvalue weighted by molar-refractivity contribution is 5.71. The van der Waals surface area contributed by atoms with Gasteiger partial charge < -0.3 is 9.30 Å². The largest absolute Gasteiger partial charge is 0.457 e. The molecule has 29 heavy (non-hydrogen) atoms. The Labute approximate surface area is 169 Å². The van der Waals surface area contributed by atoms with Crippen molar-refractivity contribution in [2.75, 3.05) is 0 Å². The van der Waals surface area contributed by atoms with Crippen molar-refractivity contribution in [2.45, 2.75) is 40.2 Å². The highest BCUT2D eigenvalue weighted by atomic mass is 19.1. The standard InChI is InChI=1S/C23H22FN3O2/c1-4-5-9-27-10-8-19(21(14-25)23(27)28)20-7-6-17(13-22(20)24)29-18-11-15(2)26-16(3)12-18/h6-8,10-13H,4-5,9H2,1-3H3. The molecule has 148 valence electrons. The molecule has 3 aromatic rings. The van der Waals surface area contributed by atoms with Crippen LogP contribution in [0.4, 0.5) is 4.39 Å². The number of ether oxygens (including phenoxy) is 1. The predicted molar refractivity (Wildman–Crippen MR) is 110 cm³/mol. The first-order chi connectivity index (χ1) is 13.9. The monoisotopic (exact) mass is 391 g/mol. The van der Waals surface area contributed by atoms with Crippen LogP contribution in [0, 0.1) is 31.0 Å². The normalized spacial score (nSPS) is 10.6. The maximum absolute atomic E-state index is 14.8. The minimum absolute atomic E-state index is 0.0587. The van der Waals surface area contributed by atoms with Gasteiger partial charge in [0.25, 0.3) is 5.56 Å². The van der Waals surface area contributed by atoms with Gasteiger partial charge in [0.05, 0.1) is 0 Å². The summed E-state index contributed by atoms with van der Waals surface area (Å²) in [5, 5.41) is 9.49. The third-order valence-electron chi connectivity index (χ3n) is 4.55. The Kier molecular flexibility index (Phi) is 6.08. The zero-order chi connectivity index (χ0) is 21.0. The first-order valence-corrected chi connectivity index (χ1v) is 9.49. The highest BCUT2D eigenvalue weighted by Crippen LogP contribution is 2.30. The molecule has 0 aliphatic heterocycles. The van der Waals surface area contributed by atoms with Gasteiger partial charge in [0.2, 0.25) is 0 Å². The van der Waals surface area contributed by atoms with Crippen LogP contribution in [0.15, 0.2) is 47.4 Å². The smallest absolute Gasteiger partial charge is 0.269 e. The number of pyridine rings is 2. The third kappa shape index (κ3) is 4.52. The molecule has 0 aliphatic carbocycles. The van der Waals surface area contributed by atoms with Crippen LogP contribution in [0.25, 0.3) is 11.1 Å². The second-order valence-electron chi connectivity index (χ2n) is 6.90. The summed E-state index contributed by atoms with van der Waals surface area (Å²) in [6.45, 7) is 6.27. The van der Waals surface area contributed by atoms with E-state index in [1.807, 2.05) is 26.8 Å². The van der Waals surface area contributed by atoms with Gasteiger partial charge >= 0.3 is 0 Å². The van der Waals surface area contributed by atoms with E-state index in [4.69, 9.17) is 4.74 Å². The van der Waals surface area contributed by atoms with E-state index >= 15 is 0 Å². The Morgan fingerprint density at radius 2 is 1.83 bits per heavy atom. The van der Waals surface area contributed by atoms with Crippen LogP contribution in [0.1, 0.15) is 36.7 Å². The molecule has 0 fully saturated rings. The molecular formula is C23H22FN3O2. The number of benzene rings is 1. The molecule has 1 aromatic carbocycles. The van der Waals surface area contributed by atoms with Crippen LogP contribution in [0.2, 0.25) is 0 Å². The number of halogens is 1. The lowest BCUT2D eigenvalue weighted by Gasteiger charge is -2.12. The van der Waals surface area contributed by atoms with E-state index in [1.54, 1.807) is 30.5 Å². The lowest BCUT2D eigenvalue weighted by molar-refractivity contribution is 0.475. The summed E-state index contributed by atoms with van der Waals surface area (Å²) in [7, 11) is 0. The van der Waals surface area contributed by atoms with Gasteiger partial charge in [0.15, 0.2) is 0 Å². The molecule has 0 spiro atoms. The number of aryl methyl sites for hydroxylation is 3. The molecule has 0 aliphatic rings. The van der Waals surface area contributed by atoms with E-state index in [1.165, 1.54) is 16.7 Å². The lowest BCUT2D eigenvalue weighted by Crippen LogP contribution is -2.23. The number of nitrogens with zero attached hydrogens (tertiary/aromatic N) is 3. The highest BCUT2D eigenvalue weighted by Gasteiger charge is 2.15. The third-order valence-corrected chi connectivity index (χ3v) is 4.55. The lowest BCUT2D eigenvalue weighted by atomic mass is 10.0. The second kappa shape index (κ2) is 8.70. The first-order valence-electron chi connectivity index (χ1n) is 9.49. The molecule has 0 saturated heterocycles. The Balaban J connectivity index is 1.95. The van der Waals surface area contributed by atoms with E-state index < -0.39 is 11.4 Å². The van der Waals surface area contributed by atoms with Crippen molar-refractivity contribution in [1.82, 2.24) is 9.55 Å². The summed E-state index contributed by atoms with van der Waals surface area (Å²) in [4.78, 5) is 16.9. The second-order valence-corrected chi connectivity index (χ2v) is 6.90. The summed E-state index contributed by atoms with van der Waals surface area (Å²) in [5.74, 6) is 0.330. The van der Waals surface area contributed by atoms with Crippen LogP contribution in [0.5, 0.6) is 11.5 Å². The van der Waals surface area contributed by atoms with Crippen molar-refractivity contribution >= 4 is 0 Å². The van der Waals surface area contributed by atoms with Gasteiger partial charge in [-0.2, -0.15) is 5.26 Å². The van der Waals surface area contributed by atoms with Crippen LogP contribution in [-0.4, -0.2) is 9.55 Å². The molecule has 3 rings (SSSR count). The quantitative estimate of drug-likeness (QED) is 0.584. The molecule has 0 bridgehead atoms. The summed E-state index contributed by atoms with van der Waals surface area (Å²) in [6, 6.07) is 11.5. The Hall–Kier alpha value is -3.46. The molecule has 0 N–H and O–H groups in total. The van der Waals surface area contributed by atoms with E-state index in [2.05, 4.69) is 4.98 Å². The van der Waals surface area contributed by atoms with Crippen molar-refractivity contribution in [3.63, 3.8) is 0 Å². The van der Waals surface area contributed by atoms with Crippen LogP contribution >= 0.6 is 0 Å². The zero-order valence-electron chi connectivity index (χ0n) is 16.7. The topological polar surface area (TPSA) is 67.9 Å². The summed E-state index contributed by atoms with van der Waals surface area (Å²) < 4.78 is 22.1.